The summed E-state index contributed by atoms with van der Waals surface area (Å²) in [4.78, 5) is 20.2. The second-order valence-electron chi connectivity index (χ2n) is 5.36. The highest BCUT2D eigenvalue weighted by Crippen LogP contribution is 2.21. The van der Waals surface area contributed by atoms with Crippen LogP contribution in [-0.4, -0.2) is 15.9 Å². The Kier molecular flexibility index (Phi) is 5.38. The first kappa shape index (κ1) is 17.8. The monoisotopic (exact) mass is 374 g/mol. The lowest BCUT2D eigenvalue weighted by molar-refractivity contribution is 0.0950. The van der Waals surface area contributed by atoms with Gasteiger partial charge in [0.05, 0.1) is 10.6 Å². The molecule has 8 heteroatoms. The van der Waals surface area contributed by atoms with Gasteiger partial charge >= 0.3 is 0 Å². The summed E-state index contributed by atoms with van der Waals surface area (Å²) >= 11 is 5.71. The molecule has 1 amide bonds. The van der Waals surface area contributed by atoms with Crippen molar-refractivity contribution in [2.24, 2.45) is 0 Å². The molecule has 0 spiro atoms. The summed E-state index contributed by atoms with van der Waals surface area (Å²) in [5, 5.41) is 5.54. The summed E-state index contributed by atoms with van der Waals surface area (Å²) in [6.45, 7) is 0.257. The molecule has 0 fully saturated rings. The van der Waals surface area contributed by atoms with Crippen molar-refractivity contribution in [3.63, 3.8) is 0 Å². The average molecular weight is 375 g/mol. The lowest BCUT2D eigenvalue weighted by Crippen LogP contribution is -2.23. The maximum absolute atomic E-state index is 13.1. The van der Waals surface area contributed by atoms with Crippen LogP contribution in [0.1, 0.15) is 15.9 Å². The smallest absolute Gasteiger partial charge is 0.254 e. The van der Waals surface area contributed by atoms with Gasteiger partial charge < -0.3 is 10.6 Å². The van der Waals surface area contributed by atoms with Crippen LogP contribution in [-0.2, 0) is 6.54 Å². The van der Waals surface area contributed by atoms with Crippen LogP contribution in [0.5, 0.6) is 0 Å². The predicted octanol–water partition coefficient (Wildman–Crippen LogP) is 4.08. The van der Waals surface area contributed by atoms with Gasteiger partial charge in [-0.15, -0.1) is 0 Å². The van der Waals surface area contributed by atoms with Crippen LogP contribution >= 0.6 is 11.6 Å². The number of nitrogens with one attached hydrogen (secondary N) is 2. The van der Waals surface area contributed by atoms with E-state index in [1.54, 1.807) is 12.1 Å². The van der Waals surface area contributed by atoms with Crippen molar-refractivity contribution in [3.05, 3.63) is 82.6 Å². The minimum Gasteiger partial charge on any atom is -0.348 e. The van der Waals surface area contributed by atoms with Gasteiger partial charge in [-0.3, -0.25) is 4.79 Å². The number of aromatic nitrogens is 2. The SMILES string of the molecule is O=C(NCc1ccc(F)cc1)c1cnc(Nc2ccc(F)c(Cl)c2)nc1. The van der Waals surface area contributed by atoms with E-state index in [4.69, 9.17) is 11.6 Å². The average Bonchev–Trinajstić information content (AvgIpc) is 2.65. The highest BCUT2D eigenvalue weighted by Gasteiger charge is 2.08. The fraction of sp³-hybridized carbons (Fsp3) is 0.0556. The number of halogens is 3. The standard InChI is InChI=1S/C18H13ClF2N4O/c19-15-7-14(5-6-16(15)21)25-18-23-9-12(10-24-18)17(26)22-8-11-1-3-13(20)4-2-11/h1-7,9-10H,8H2,(H,22,26)(H,23,24,25). The normalized spacial score (nSPS) is 10.4. The van der Waals surface area contributed by atoms with Crippen LogP contribution in [0.15, 0.2) is 54.9 Å². The zero-order chi connectivity index (χ0) is 18.5. The summed E-state index contributed by atoms with van der Waals surface area (Å²) in [7, 11) is 0. The van der Waals surface area contributed by atoms with E-state index in [1.807, 2.05) is 0 Å². The molecule has 0 aliphatic heterocycles. The third kappa shape index (κ3) is 4.52. The Morgan fingerprint density at radius 3 is 2.38 bits per heavy atom. The predicted molar refractivity (Wildman–Crippen MR) is 94.3 cm³/mol. The van der Waals surface area contributed by atoms with Crippen LogP contribution < -0.4 is 10.6 Å². The van der Waals surface area contributed by atoms with Gasteiger partial charge in [0, 0.05) is 24.6 Å². The number of nitrogens with zero attached hydrogens (tertiary/aromatic N) is 2. The van der Waals surface area contributed by atoms with E-state index < -0.39 is 5.82 Å². The van der Waals surface area contributed by atoms with Crippen molar-refractivity contribution in [1.29, 1.82) is 0 Å². The fourth-order valence-electron chi connectivity index (χ4n) is 2.10. The Morgan fingerprint density at radius 1 is 1.04 bits per heavy atom. The molecule has 1 heterocycles. The molecule has 2 N–H and O–H groups in total. The van der Waals surface area contributed by atoms with Crippen LogP contribution in [0.4, 0.5) is 20.4 Å². The molecule has 26 heavy (non-hydrogen) atoms. The van der Waals surface area contributed by atoms with Crippen LogP contribution in [0, 0.1) is 11.6 Å². The van der Waals surface area contributed by atoms with Crippen molar-refractivity contribution < 1.29 is 13.6 Å². The minimum atomic E-state index is -0.522. The van der Waals surface area contributed by atoms with Gasteiger partial charge in [0.2, 0.25) is 5.95 Å². The minimum absolute atomic E-state index is 0.0215. The Bertz CT molecular complexity index is 917. The maximum Gasteiger partial charge on any atom is 0.254 e. The van der Waals surface area contributed by atoms with Crippen LogP contribution in [0.25, 0.3) is 0 Å². The van der Waals surface area contributed by atoms with E-state index in [0.29, 0.717) is 5.69 Å². The van der Waals surface area contributed by atoms with Crippen LogP contribution in [0.3, 0.4) is 0 Å². The van der Waals surface area contributed by atoms with Gasteiger partial charge in [-0.2, -0.15) is 0 Å². The van der Waals surface area contributed by atoms with E-state index in [-0.39, 0.29) is 34.8 Å². The number of anilines is 2. The van der Waals surface area contributed by atoms with Gasteiger partial charge in [0.15, 0.2) is 0 Å². The molecule has 0 radical (unpaired) electrons. The number of rotatable bonds is 5. The van der Waals surface area contributed by atoms with Crippen molar-refractivity contribution in [3.8, 4) is 0 Å². The Labute approximate surface area is 153 Å². The number of amides is 1. The number of carbonyl (C=O) groups is 1. The molecule has 3 aromatic rings. The topological polar surface area (TPSA) is 66.9 Å². The molecule has 2 aromatic carbocycles. The van der Waals surface area contributed by atoms with E-state index in [9.17, 15) is 13.6 Å². The number of benzene rings is 2. The maximum atomic E-state index is 13.1. The van der Waals surface area contributed by atoms with E-state index >= 15 is 0 Å². The zero-order valence-electron chi connectivity index (χ0n) is 13.3. The summed E-state index contributed by atoms with van der Waals surface area (Å²) in [5.74, 6) is -0.973. The van der Waals surface area contributed by atoms with Gasteiger partial charge in [0.1, 0.15) is 11.6 Å². The third-order valence-corrected chi connectivity index (χ3v) is 3.75. The molecule has 3 rings (SSSR count). The second kappa shape index (κ2) is 7.88. The molecule has 0 bridgehead atoms. The summed E-state index contributed by atoms with van der Waals surface area (Å²) in [6.07, 6.45) is 2.72. The molecular formula is C18H13ClF2N4O. The number of hydrogen-bond donors (Lipinski definition) is 2. The molecule has 0 atom stereocenters. The highest BCUT2D eigenvalue weighted by molar-refractivity contribution is 6.31. The largest absolute Gasteiger partial charge is 0.348 e. The first-order valence-corrected chi connectivity index (χ1v) is 7.96. The lowest BCUT2D eigenvalue weighted by Gasteiger charge is -2.07. The quantitative estimate of drug-likeness (QED) is 0.706. The Balaban J connectivity index is 1.60. The zero-order valence-corrected chi connectivity index (χ0v) is 14.1. The summed E-state index contributed by atoms with van der Waals surface area (Å²) in [5.41, 5.74) is 1.56. The van der Waals surface area contributed by atoms with Gasteiger partial charge in [-0.05, 0) is 35.9 Å². The summed E-state index contributed by atoms with van der Waals surface area (Å²) < 4.78 is 26.0. The highest BCUT2D eigenvalue weighted by atomic mass is 35.5. The molecule has 1 aromatic heterocycles. The van der Waals surface area contributed by atoms with E-state index in [2.05, 4.69) is 20.6 Å². The first-order chi connectivity index (χ1) is 12.5. The van der Waals surface area contributed by atoms with Crippen molar-refractivity contribution in [2.45, 2.75) is 6.54 Å². The molecule has 0 saturated heterocycles. The van der Waals surface area contributed by atoms with Crippen LogP contribution in [0.2, 0.25) is 5.02 Å². The Hall–Kier alpha value is -3.06. The van der Waals surface area contributed by atoms with Crippen molar-refractivity contribution in [2.75, 3.05) is 5.32 Å². The molecule has 132 valence electrons. The van der Waals surface area contributed by atoms with Crippen molar-refractivity contribution in [1.82, 2.24) is 15.3 Å². The summed E-state index contributed by atoms with van der Waals surface area (Å²) in [6, 6.07) is 9.96. The van der Waals surface area contributed by atoms with Gasteiger partial charge in [-0.25, -0.2) is 18.7 Å². The lowest BCUT2D eigenvalue weighted by atomic mass is 10.2. The third-order valence-electron chi connectivity index (χ3n) is 3.46. The first-order valence-electron chi connectivity index (χ1n) is 7.58. The fourth-order valence-corrected chi connectivity index (χ4v) is 2.28. The molecule has 0 unspecified atom stereocenters. The van der Waals surface area contributed by atoms with Gasteiger partial charge in [0.25, 0.3) is 5.91 Å². The van der Waals surface area contributed by atoms with Crippen molar-refractivity contribution >= 4 is 29.1 Å². The molecule has 0 aliphatic carbocycles. The molecule has 5 nitrogen and oxygen atoms in total. The number of hydrogen-bond acceptors (Lipinski definition) is 4. The molecular weight excluding hydrogens is 362 g/mol. The van der Waals surface area contributed by atoms with E-state index in [0.717, 1.165) is 5.56 Å². The molecule has 0 saturated carbocycles. The second-order valence-corrected chi connectivity index (χ2v) is 5.77. The molecule has 0 aliphatic rings. The Morgan fingerprint density at radius 2 is 1.73 bits per heavy atom. The number of carbonyl (C=O) groups excluding carboxylic acids is 1. The van der Waals surface area contributed by atoms with E-state index in [1.165, 1.54) is 42.7 Å². The van der Waals surface area contributed by atoms with Gasteiger partial charge in [-0.1, -0.05) is 23.7 Å².